The molecule has 1 N–H and O–H groups in total. The van der Waals surface area contributed by atoms with Crippen LogP contribution < -0.4 is 5.32 Å². The van der Waals surface area contributed by atoms with Crippen molar-refractivity contribution in [2.75, 3.05) is 19.7 Å². The van der Waals surface area contributed by atoms with Gasteiger partial charge in [-0.3, -0.25) is 0 Å². The number of carbonyl (C=O) groups excluding carboxylic acids is 1. The number of carbonyl (C=O) groups is 1. The largest absolute Gasteiger partial charge is 0.378 e. The minimum absolute atomic E-state index is 0.0405. The normalized spacial score (nSPS) is 27.2. The molecule has 5 heteroatoms. The van der Waals surface area contributed by atoms with Crippen LogP contribution in [0.4, 0.5) is 9.18 Å². The van der Waals surface area contributed by atoms with Gasteiger partial charge in [0, 0.05) is 25.7 Å². The van der Waals surface area contributed by atoms with Crippen LogP contribution in [0, 0.1) is 11.7 Å². The number of hydrogen-bond acceptors (Lipinski definition) is 2. The summed E-state index contributed by atoms with van der Waals surface area (Å²) >= 11 is 0. The minimum Gasteiger partial charge on any atom is -0.378 e. The second-order valence-electron chi connectivity index (χ2n) is 7.08. The van der Waals surface area contributed by atoms with E-state index in [2.05, 4.69) is 12.2 Å². The molecule has 2 heterocycles. The molecule has 3 rings (SSSR count). The van der Waals surface area contributed by atoms with Crippen molar-refractivity contribution in [2.45, 2.75) is 51.2 Å². The number of halogens is 1. The highest BCUT2D eigenvalue weighted by atomic mass is 19.1. The summed E-state index contributed by atoms with van der Waals surface area (Å²) in [7, 11) is 0. The number of ether oxygens (including phenoxy) is 1. The van der Waals surface area contributed by atoms with Crippen molar-refractivity contribution in [2.24, 2.45) is 5.92 Å². The van der Waals surface area contributed by atoms with Crippen LogP contribution >= 0.6 is 0 Å². The van der Waals surface area contributed by atoms with Crippen molar-refractivity contribution in [3.8, 4) is 0 Å². The van der Waals surface area contributed by atoms with Gasteiger partial charge >= 0.3 is 6.03 Å². The molecule has 0 saturated carbocycles. The van der Waals surface area contributed by atoms with E-state index in [1.807, 2.05) is 17.0 Å². The molecule has 0 bridgehead atoms. The zero-order valence-corrected chi connectivity index (χ0v) is 14.3. The van der Waals surface area contributed by atoms with Gasteiger partial charge in [-0.25, -0.2) is 9.18 Å². The molecule has 2 fully saturated rings. The highest BCUT2D eigenvalue weighted by molar-refractivity contribution is 5.74. The zero-order chi connectivity index (χ0) is 16.9. The maximum atomic E-state index is 13.0. The van der Waals surface area contributed by atoms with Gasteiger partial charge in [-0.05, 0) is 62.6 Å². The van der Waals surface area contributed by atoms with Gasteiger partial charge in [0.25, 0.3) is 0 Å². The van der Waals surface area contributed by atoms with E-state index in [9.17, 15) is 9.18 Å². The Bertz CT molecular complexity index is 549. The van der Waals surface area contributed by atoms with Crippen molar-refractivity contribution >= 4 is 6.03 Å². The van der Waals surface area contributed by atoms with E-state index in [0.29, 0.717) is 12.0 Å². The van der Waals surface area contributed by atoms with Gasteiger partial charge in [0.2, 0.25) is 0 Å². The van der Waals surface area contributed by atoms with E-state index in [1.165, 1.54) is 12.1 Å². The molecule has 2 aliphatic rings. The SMILES string of the molecule is CC1CC(CNC(=O)N2CCCC2Cc2ccc(F)cc2)CCO1. The lowest BCUT2D eigenvalue weighted by Crippen LogP contribution is -2.45. The highest BCUT2D eigenvalue weighted by Gasteiger charge is 2.29. The average molecular weight is 334 g/mol. The smallest absolute Gasteiger partial charge is 0.317 e. The van der Waals surface area contributed by atoms with Crippen LogP contribution in [0.25, 0.3) is 0 Å². The summed E-state index contributed by atoms with van der Waals surface area (Å²) in [4.78, 5) is 14.5. The third kappa shape index (κ3) is 4.47. The van der Waals surface area contributed by atoms with E-state index in [1.54, 1.807) is 0 Å². The van der Waals surface area contributed by atoms with Crippen molar-refractivity contribution in [1.29, 1.82) is 0 Å². The number of nitrogens with one attached hydrogen (secondary N) is 1. The van der Waals surface area contributed by atoms with Crippen molar-refractivity contribution in [3.05, 3.63) is 35.6 Å². The van der Waals surface area contributed by atoms with Crippen LogP contribution in [-0.4, -0.2) is 42.8 Å². The van der Waals surface area contributed by atoms with Gasteiger partial charge in [0.1, 0.15) is 5.82 Å². The fraction of sp³-hybridized carbons (Fsp3) is 0.632. The third-order valence-electron chi connectivity index (χ3n) is 5.16. The molecule has 2 amide bonds. The Hall–Kier alpha value is -1.62. The highest BCUT2D eigenvalue weighted by Crippen LogP contribution is 2.22. The summed E-state index contributed by atoms with van der Waals surface area (Å²) < 4.78 is 18.6. The van der Waals surface area contributed by atoms with E-state index < -0.39 is 0 Å². The monoisotopic (exact) mass is 334 g/mol. The molecule has 0 aliphatic carbocycles. The van der Waals surface area contributed by atoms with Gasteiger partial charge < -0.3 is 15.0 Å². The molecule has 0 spiro atoms. The number of amides is 2. The number of hydrogen-bond donors (Lipinski definition) is 1. The van der Waals surface area contributed by atoms with Crippen molar-refractivity contribution < 1.29 is 13.9 Å². The Morgan fingerprint density at radius 3 is 2.88 bits per heavy atom. The summed E-state index contributed by atoms with van der Waals surface area (Å²) in [6.45, 7) is 4.42. The van der Waals surface area contributed by atoms with Gasteiger partial charge in [-0.2, -0.15) is 0 Å². The van der Waals surface area contributed by atoms with Crippen LogP contribution in [0.15, 0.2) is 24.3 Å². The fourth-order valence-electron chi connectivity index (χ4n) is 3.82. The second-order valence-corrected chi connectivity index (χ2v) is 7.08. The first kappa shape index (κ1) is 17.2. The molecule has 4 nitrogen and oxygen atoms in total. The van der Waals surface area contributed by atoms with E-state index in [4.69, 9.17) is 4.74 Å². The predicted octanol–water partition coefficient (Wildman–Crippen LogP) is 3.36. The average Bonchev–Trinajstić information content (AvgIpc) is 3.03. The zero-order valence-electron chi connectivity index (χ0n) is 14.3. The minimum atomic E-state index is -0.217. The number of urea groups is 1. The third-order valence-corrected chi connectivity index (χ3v) is 5.16. The number of nitrogens with zero attached hydrogens (tertiary/aromatic N) is 1. The molecule has 3 atom stereocenters. The van der Waals surface area contributed by atoms with Crippen LogP contribution in [-0.2, 0) is 11.2 Å². The Morgan fingerprint density at radius 2 is 2.12 bits per heavy atom. The number of benzene rings is 1. The van der Waals surface area contributed by atoms with E-state index in [0.717, 1.165) is 57.4 Å². The van der Waals surface area contributed by atoms with Gasteiger partial charge in [0.15, 0.2) is 0 Å². The summed E-state index contributed by atoms with van der Waals surface area (Å²) in [5, 5.41) is 3.11. The molecule has 3 unspecified atom stereocenters. The van der Waals surface area contributed by atoms with Crippen molar-refractivity contribution in [3.63, 3.8) is 0 Å². The quantitative estimate of drug-likeness (QED) is 0.917. The lowest BCUT2D eigenvalue weighted by atomic mass is 9.96. The molecule has 1 aromatic carbocycles. The van der Waals surface area contributed by atoms with Crippen LogP contribution in [0.3, 0.4) is 0 Å². The van der Waals surface area contributed by atoms with Crippen LogP contribution in [0.5, 0.6) is 0 Å². The summed E-state index contributed by atoms with van der Waals surface area (Å²) in [6.07, 6.45) is 5.16. The lowest BCUT2D eigenvalue weighted by molar-refractivity contribution is 0.00321. The Kier molecular flexibility index (Phi) is 5.72. The van der Waals surface area contributed by atoms with Gasteiger partial charge in [0.05, 0.1) is 6.10 Å². The van der Waals surface area contributed by atoms with Gasteiger partial charge in [-0.1, -0.05) is 12.1 Å². The lowest BCUT2D eigenvalue weighted by Gasteiger charge is -2.29. The summed E-state index contributed by atoms with van der Waals surface area (Å²) in [6, 6.07) is 6.85. The first-order chi connectivity index (χ1) is 11.6. The fourth-order valence-corrected chi connectivity index (χ4v) is 3.82. The molecule has 24 heavy (non-hydrogen) atoms. The second kappa shape index (κ2) is 7.97. The number of likely N-dealkylation sites (tertiary alicyclic amines) is 1. The number of rotatable bonds is 4. The van der Waals surface area contributed by atoms with Gasteiger partial charge in [-0.15, -0.1) is 0 Å². The first-order valence-corrected chi connectivity index (χ1v) is 9.02. The molecular formula is C19H27FN2O2. The topological polar surface area (TPSA) is 41.6 Å². The van der Waals surface area contributed by atoms with Crippen LogP contribution in [0.2, 0.25) is 0 Å². The molecule has 132 valence electrons. The van der Waals surface area contributed by atoms with Crippen molar-refractivity contribution in [1.82, 2.24) is 10.2 Å². The maximum absolute atomic E-state index is 13.0. The summed E-state index contributed by atoms with van der Waals surface area (Å²) in [5.74, 6) is 0.293. The first-order valence-electron chi connectivity index (χ1n) is 9.02. The molecule has 2 aliphatic heterocycles. The molecule has 0 aromatic heterocycles. The Balaban J connectivity index is 1.50. The molecule has 1 aromatic rings. The molecular weight excluding hydrogens is 307 g/mol. The Morgan fingerprint density at radius 1 is 1.33 bits per heavy atom. The standard InChI is InChI=1S/C19H27FN2O2/c1-14-11-16(8-10-24-14)13-21-19(23)22-9-2-3-18(22)12-15-4-6-17(20)7-5-15/h4-7,14,16,18H,2-3,8-13H2,1H3,(H,21,23). The van der Waals surface area contributed by atoms with E-state index in [-0.39, 0.29) is 17.9 Å². The maximum Gasteiger partial charge on any atom is 0.317 e. The predicted molar refractivity (Wildman–Crippen MR) is 91.4 cm³/mol. The van der Waals surface area contributed by atoms with E-state index >= 15 is 0 Å². The summed E-state index contributed by atoms with van der Waals surface area (Å²) in [5.41, 5.74) is 1.08. The Labute approximate surface area is 143 Å². The van der Waals surface area contributed by atoms with Crippen LogP contribution in [0.1, 0.15) is 38.2 Å². The molecule has 2 saturated heterocycles. The molecule has 0 radical (unpaired) electrons.